The monoisotopic (exact) mass is 367 g/mol. The predicted molar refractivity (Wildman–Crippen MR) is 110 cm³/mol. The van der Waals surface area contributed by atoms with Gasteiger partial charge in [0, 0.05) is 41.2 Å². The average Bonchev–Trinajstić information content (AvgIpc) is 3.12. The molecule has 1 aliphatic carbocycles. The van der Waals surface area contributed by atoms with Gasteiger partial charge in [0.05, 0.1) is 24.7 Å². The van der Waals surface area contributed by atoms with E-state index in [0.29, 0.717) is 17.4 Å². The van der Waals surface area contributed by atoms with E-state index in [1.54, 1.807) is 25.7 Å². The van der Waals surface area contributed by atoms with Crippen LogP contribution in [0.25, 0.3) is 11.1 Å². The molecule has 1 N–H and O–H groups in total. The van der Waals surface area contributed by atoms with Crippen LogP contribution in [0.1, 0.15) is 17.8 Å². The summed E-state index contributed by atoms with van der Waals surface area (Å²) in [5, 5.41) is 3.28. The lowest BCUT2D eigenvalue weighted by atomic mass is 9.93. The summed E-state index contributed by atoms with van der Waals surface area (Å²) in [6, 6.07) is 12.0. The van der Waals surface area contributed by atoms with E-state index in [2.05, 4.69) is 33.5 Å². The fourth-order valence-corrected chi connectivity index (χ4v) is 3.37. The molecule has 136 valence electrons. The highest BCUT2D eigenvalue weighted by molar-refractivity contribution is 6.32. The van der Waals surface area contributed by atoms with E-state index in [1.807, 2.05) is 30.3 Å². The molecule has 0 saturated heterocycles. The van der Waals surface area contributed by atoms with Crippen LogP contribution < -0.4 is 10.1 Å². The second-order valence-electron chi connectivity index (χ2n) is 6.47. The van der Waals surface area contributed by atoms with Gasteiger partial charge in [-0.25, -0.2) is 9.97 Å². The van der Waals surface area contributed by atoms with Crippen molar-refractivity contribution in [3.63, 3.8) is 0 Å². The number of rotatable bonds is 4. The second kappa shape index (κ2) is 6.74. The minimum atomic E-state index is 0.582. The van der Waals surface area contributed by atoms with Gasteiger partial charge in [0.2, 0.25) is 0 Å². The molecule has 0 amide bonds. The minimum Gasteiger partial charge on any atom is -0.491 e. The zero-order valence-corrected chi connectivity index (χ0v) is 15.3. The Morgan fingerprint density at radius 3 is 2.79 bits per heavy atom. The normalized spacial score (nSPS) is 14.4. The molecular formula is C22H17N5O. The van der Waals surface area contributed by atoms with Crippen molar-refractivity contribution in [2.24, 2.45) is 4.99 Å². The molecule has 2 aliphatic rings. The van der Waals surface area contributed by atoms with Crippen molar-refractivity contribution in [2.75, 3.05) is 12.4 Å². The van der Waals surface area contributed by atoms with E-state index in [9.17, 15) is 0 Å². The summed E-state index contributed by atoms with van der Waals surface area (Å²) < 4.78 is 5.42. The molecule has 6 nitrogen and oxygen atoms in total. The van der Waals surface area contributed by atoms with E-state index in [0.717, 1.165) is 40.2 Å². The van der Waals surface area contributed by atoms with Crippen LogP contribution in [-0.4, -0.2) is 27.8 Å². The van der Waals surface area contributed by atoms with Crippen LogP contribution in [0.4, 0.5) is 17.2 Å². The predicted octanol–water partition coefficient (Wildman–Crippen LogP) is 4.58. The Bertz CT molecular complexity index is 1150. The van der Waals surface area contributed by atoms with Gasteiger partial charge in [-0.15, -0.1) is 0 Å². The maximum atomic E-state index is 5.42. The third-order valence-corrected chi connectivity index (χ3v) is 4.75. The smallest absolute Gasteiger partial charge is 0.179 e. The van der Waals surface area contributed by atoms with Gasteiger partial charge in [-0.2, -0.15) is 0 Å². The molecule has 0 radical (unpaired) electrons. The Hall–Kier alpha value is -3.80. The van der Waals surface area contributed by atoms with E-state index in [1.165, 1.54) is 0 Å². The number of anilines is 2. The number of aliphatic imine (C=N–C) groups is 1. The summed E-state index contributed by atoms with van der Waals surface area (Å²) in [4.78, 5) is 18.0. The summed E-state index contributed by atoms with van der Waals surface area (Å²) in [6.07, 6.45) is 10.1. The van der Waals surface area contributed by atoms with E-state index in [-0.39, 0.29) is 0 Å². The second-order valence-corrected chi connectivity index (χ2v) is 6.47. The molecule has 0 saturated carbocycles. The number of hydrogen-bond donors (Lipinski definition) is 1. The van der Waals surface area contributed by atoms with Gasteiger partial charge in [0.15, 0.2) is 17.4 Å². The molecule has 1 aliphatic heterocycles. The Morgan fingerprint density at radius 2 is 1.93 bits per heavy atom. The van der Waals surface area contributed by atoms with Crippen molar-refractivity contribution in [1.82, 2.24) is 15.0 Å². The topological polar surface area (TPSA) is 72.3 Å². The zero-order chi connectivity index (χ0) is 18.9. The van der Waals surface area contributed by atoms with Crippen molar-refractivity contribution >= 4 is 34.1 Å². The summed E-state index contributed by atoms with van der Waals surface area (Å²) in [7, 11) is 1.61. The van der Waals surface area contributed by atoms with Gasteiger partial charge in [0.1, 0.15) is 0 Å². The quantitative estimate of drug-likeness (QED) is 0.731. The minimum absolute atomic E-state index is 0.582. The number of allylic oxidation sites excluding steroid dienone is 4. The third kappa shape index (κ3) is 2.85. The van der Waals surface area contributed by atoms with E-state index < -0.39 is 0 Å². The third-order valence-electron chi connectivity index (χ3n) is 4.75. The van der Waals surface area contributed by atoms with Gasteiger partial charge >= 0.3 is 0 Å². The number of pyridine rings is 1. The van der Waals surface area contributed by atoms with Crippen molar-refractivity contribution < 1.29 is 4.74 Å². The van der Waals surface area contributed by atoms with Crippen LogP contribution in [0, 0.1) is 0 Å². The van der Waals surface area contributed by atoms with Crippen molar-refractivity contribution in [2.45, 2.75) is 6.42 Å². The Labute approximate surface area is 162 Å². The molecule has 0 bridgehead atoms. The maximum absolute atomic E-state index is 5.42. The van der Waals surface area contributed by atoms with Crippen LogP contribution >= 0.6 is 0 Å². The Morgan fingerprint density at radius 1 is 1.07 bits per heavy atom. The molecule has 2 aromatic heterocycles. The van der Waals surface area contributed by atoms with Crippen LogP contribution in [0.5, 0.6) is 5.75 Å². The molecule has 6 heteroatoms. The molecule has 0 spiro atoms. The van der Waals surface area contributed by atoms with Gasteiger partial charge in [-0.1, -0.05) is 24.3 Å². The lowest BCUT2D eigenvalue weighted by Crippen LogP contribution is -2.06. The first kappa shape index (κ1) is 16.4. The largest absolute Gasteiger partial charge is 0.491 e. The highest BCUT2D eigenvalue weighted by Gasteiger charge is 2.24. The van der Waals surface area contributed by atoms with Crippen molar-refractivity contribution in [1.29, 1.82) is 0 Å². The molecule has 5 rings (SSSR count). The maximum Gasteiger partial charge on any atom is 0.179 e. The summed E-state index contributed by atoms with van der Waals surface area (Å²) in [5.41, 5.74) is 6.28. The molecular weight excluding hydrogens is 350 g/mol. The van der Waals surface area contributed by atoms with Gasteiger partial charge in [-0.05, 0) is 24.3 Å². The molecule has 3 heterocycles. The number of hydrogen-bond acceptors (Lipinski definition) is 6. The molecule has 1 aromatic carbocycles. The summed E-state index contributed by atoms with van der Waals surface area (Å²) in [5.74, 6) is 1.84. The number of para-hydroxylation sites is 1. The summed E-state index contributed by atoms with van der Waals surface area (Å²) in [6.45, 7) is 0. The lowest BCUT2D eigenvalue weighted by Gasteiger charge is -2.14. The first-order valence-corrected chi connectivity index (χ1v) is 8.99. The molecule has 0 fully saturated rings. The fraction of sp³-hybridized carbons (Fsp3) is 0.0909. The first-order chi connectivity index (χ1) is 13.8. The fourth-order valence-electron chi connectivity index (χ4n) is 3.37. The van der Waals surface area contributed by atoms with Gasteiger partial charge in [-0.3, -0.25) is 9.98 Å². The standard InChI is InChI=1S/C22H17N5O/c1-28-20-13-24-21(27-22(20)25-15-8-10-23-11-9-15)14-6-7-19-17(12-14)16-4-2-3-5-18(16)26-19/h2-6,8-13H,7H2,1H3,(H,23,24,25,27). The van der Waals surface area contributed by atoms with Crippen molar-refractivity contribution in [3.8, 4) is 5.75 Å². The Kier molecular flexibility index (Phi) is 3.94. The number of aromatic nitrogens is 3. The number of fused-ring (bicyclic) bond motifs is 3. The van der Waals surface area contributed by atoms with Crippen LogP contribution in [0.2, 0.25) is 0 Å². The zero-order valence-electron chi connectivity index (χ0n) is 15.3. The number of benzene rings is 1. The molecule has 28 heavy (non-hydrogen) atoms. The van der Waals surface area contributed by atoms with Gasteiger partial charge < -0.3 is 10.1 Å². The summed E-state index contributed by atoms with van der Waals surface area (Å²) >= 11 is 0. The SMILES string of the molecule is COc1cnc(C2=CCC3=Nc4ccccc4C3=C2)nc1Nc1ccncc1. The highest BCUT2D eigenvalue weighted by Crippen LogP contribution is 2.39. The average molecular weight is 367 g/mol. The molecule has 3 aromatic rings. The van der Waals surface area contributed by atoms with Gasteiger partial charge in [0.25, 0.3) is 0 Å². The van der Waals surface area contributed by atoms with Crippen LogP contribution in [0.15, 0.2) is 72.1 Å². The number of methoxy groups -OCH3 is 1. The van der Waals surface area contributed by atoms with E-state index >= 15 is 0 Å². The highest BCUT2D eigenvalue weighted by atomic mass is 16.5. The van der Waals surface area contributed by atoms with Crippen LogP contribution in [0.3, 0.4) is 0 Å². The van der Waals surface area contributed by atoms with Crippen LogP contribution in [-0.2, 0) is 0 Å². The molecule has 0 atom stereocenters. The number of nitrogens with one attached hydrogen (secondary N) is 1. The number of ether oxygens (including phenoxy) is 1. The lowest BCUT2D eigenvalue weighted by molar-refractivity contribution is 0.413. The van der Waals surface area contributed by atoms with E-state index in [4.69, 9.17) is 14.7 Å². The van der Waals surface area contributed by atoms with Crippen molar-refractivity contribution in [3.05, 3.63) is 78.5 Å². The Balaban J connectivity index is 1.51. The first-order valence-electron chi connectivity index (χ1n) is 8.99. The number of nitrogens with zero attached hydrogens (tertiary/aromatic N) is 4. The molecule has 0 unspecified atom stereocenters.